The van der Waals surface area contributed by atoms with Crippen LogP contribution in [0.3, 0.4) is 0 Å². The third-order valence-electron chi connectivity index (χ3n) is 4.27. The molecule has 0 radical (unpaired) electrons. The fourth-order valence-corrected chi connectivity index (χ4v) is 3.57. The van der Waals surface area contributed by atoms with Crippen LogP contribution in [0.4, 0.5) is 0 Å². The average molecular weight is 510 g/mol. The number of rotatable bonds is 7. The molecule has 0 spiro atoms. The summed E-state index contributed by atoms with van der Waals surface area (Å²) in [7, 11) is 3.84. The monoisotopic (exact) mass is 510 g/mol. The fourth-order valence-electron chi connectivity index (χ4n) is 2.96. The molecule has 0 amide bonds. The number of aryl methyl sites for hydroxylation is 1. The van der Waals surface area contributed by atoms with E-state index in [-0.39, 0.29) is 24.0 Å². The Morgan fingerprint density at radius 1 is 1.29 bits per heavy atom. The molecule has 0 aliphatic carbocycles. The van der Waals surface area contributed by atoms with Gasteiger partial charge in [0.05, 0.1) is 17.2 Å². The maximum absolute atomic E-state index is 4.52. The lowest BCUT2D eigenvalue weighted by molar-refractivity contribution is 0.470. The summed E-state index contributed by atoms with van der Waals surface area (Å²) in [6, 6.07) is 10.4. The summed E-state index contributed by atoms with van der Waals surface area (Å²) >= 11 is 1.67. The van der Waals surface area contributed by atoms with E-state index in [0.717, 1.165) is 48.5 Å². The number of nitrogens with one attached hydrogen (secondary N) is 1. The second-order valence-corrected chi connectivity index (χ2v) is 7.46. The minimum Gasteiger partial charge on any atom is -0.356 e. The molecule has 0 aliphatic heterocycles. The minimum atomic E-state index is 0. The molecule has 150 valence electrons. The lowest BCUT2D eigenvalue weighted by Crippen LogP contribution is -2.39. The highest BCUT2D eigenvalue weighted by Crippen LogP contribution is 2.10. The van der Waals surface area contributed by atoms with Gasteiger partial charge in [-0.15, -0.1) is 35.3 Å². The Balaban J connectivity index is 0.00000280. The van der Waals surface area contributed by atoms with Crippen molar-refractivity contribution < 1.29 is 0 Å². The predicted molar refractivity (Wildman–Crippen MR) is 127 cm³/mol. The van der Waals surface area contributed by atoms with E-state index in [0.29, 0.717) is 0 Å². The Kier molecular flexibility index (Phi) is 8.91. The molecule has 0 aliphatic rings. The van der Waals surface area contributed by atoms with Crippen LogP contribution in [0.2, 0.25) is 0 Å². The number of halogens is 1. The van der Waals surface area contributed by atoms with Gasteiger partial charge < -0.3 is 14.8 Å². The number of hydrogen-bond donors (Lipinski definition) is 1. The van der Waals surface area contributed by atoms with Crippen molar-refractivity contribution in [2.45, 2.75) is 26.4 Å². The van der Waals surface area contributed by atoms with Crippen molar-refractivity contribution in [3.05, 3.63) is 70.2 Å². The second kappa shape index (κ2) is 11.2. The summed E-state index contributed by atoms with van der Waals surface area (Å²) < 4.78 is 2.20. The zero-order valence-corrected chi connectivity index (χ0v) is 19.6. The summed E-state index contributed by atoms with van der Waals surface area (Å²) in [4.78, 5) is 15.5. The zero-order valence-electron chi connectivity index (χ0n) is 16.5. The van der Waals surface area contributed by atoms with E-state index in [2.05, 4.69) is 59.4 Å². The van der Waals surface area contributed by atoms with E-state index >= 15 is 0 Å². The van der Waals surface area contributed by atoms with Gasteiger partial charge in [-0.3, -0.25) is 4.99 Å². The molecule has 0 bridgehead atoms. The number of nitrogens with zero attached hydrogens (tertiary/aromatic N) is 5. The molecule has 0 fully saturated rings. The first-order valence-corrected chi connectivity index (χ1v) is 9.90. The van der Waals surface area contributed by atoms with Crippen LogP contribution in [0.5, 0.6) is 0 Å². The first-order chi connectivity index (χ1) is 13.2. The van der Waals surface area contributed by atoms with Gasteiger partial charge in [-0.2, -0.15) is 0 Å². The summed E-state index contributed by atoms with van der Waals surface area (Å²) in [5.74, 6) is 1.93. The number of aliphatic imine (C=N–C) groups is 1. The molecule has 3 aromatic rings. The number of thiazole rings is 1. The van der Waals surface area contributed by atoms with Gasteiger partial charge in [0, 0.05) is 51.4 Å². The Bertz CT molecular complexity index is 874. The third kappa shape index (κ3) is 6.30. The van der Waals surface area contributed by atoms with Gasteiger partial charge in [-0.25, -0.2) is 9.97 Å². The fraction of sp³-hybridized carbons (Fsp3) is 0.350. The zero-order chi connectivity index (χ0) is 19.1. The SMILES string of the molecule is CN=C(NCCc1nccn1Cc1ccccc1)N(C)Cc1csc(C)n1.I. The average Bonchev–Trinajstić information content (AvgIpc) is 3.28. The molecule has 0 saturated heterocycles. The van der Waals surface area contributed by atoms with Crippen molar-refractivity contribution in [2.75, 3.05) is 20.6 Å². The van der Waals surface area contributed by atoms with Gasteiger partial charge in [0.2, 0.25) is 0 Å². The molecule has 1 N–H and O–H groups in total. The summed E-state index contributed by atoms with van der Waals surface area (Å²) in [6.45, 7) is 4.39. The van der Waals surface area contributed by atoms with E-state index < -0.39 is 0 Å². The van der Waals surface area contributed by atoms with Crippen molar-refractivity contribution >= 4 is 41.3 Å². The van der Waals surface area contributed by atoms with Crippen molar-refractivity contribution in [1.82, 2.24) is 24.8 Å². The molecule has 3 rings (SSSR count). The van der Waals surface area contributed by atoms with E-state index in [9.17, 15) is 0 Å². The normalized spacial score (nSPS) is 11.2. The summed E-state index contributed by atoms with van der Waals surface area (Å²) in [5.41, 5.74) is 2.35. The molecule has 2 heterocycles. The van der Waals surface area contributed by atoms with Gasteiger partial charge in [-0.1, -0.05) is 30.3 Å². The summed E-state index contributed by atoms with van der Waals surface area (Å²) in [5, 5.41) is 6.61. The molecule has 6 nitrogen and oxygen atoms in total. The van der Waals surface area contributed by atoms with E-state index in [1.807, 2.05) is 39.5 Å². The van der Waals surface area contributed by atoms with Crippen LogP contribution in [0.1, 0.15) is 22.1 Å². The molecule has 0 saturated carbocycles. The highest BCUT2D eigenvalue weighted by Gasteiger charge is 2.09. The second-order valence-electron chi connectivity index (χ2n) is 6.39. The van der Waals surface area contributed by atoms with E-state index in [1.54, 1.807) is 11.3 Å². The predicted octanol–water partition coefficient (Wildman–Crippen LogP) is 3.56. The van der Waals surface area contributed by atoms with Crippen LogP contribution < -0.4 is 5.32 Å². The van der Waals surface area contributed by atoms with E-state index in [4.69, 9.17) is 0 Å². The number of hydrogen-bond acceptors (Lipinski definition) is 4. The van der Waals surface area contributed by atoms with Gasteiger partial charge in [-0.05, 0) is 12.5 Å². The Labute approximate surface area is 187 Å². The van der Waals surface area contributed by atoms with Crippen LogP contribution in [0.25, 0.3) is 0 Å². The van der Waals surface area contributed by atoms with E-state index in [1.165, 1.54) is 5.56 Å². The highest BCUT2D eigenvalue weighted by molar-refractivity contribution is 14.0. The van der Waals surface area contributed by atoms with Gasteiger partial charge >= 0.3 is 0 Å². The van der Waals surface area contributed by atoms with Crippen molar-refractivity contribution in [2.24, 2.45) is 4.99 Å². The third-order valence-corrected chi connectivity index (χ3v) is 5.09. The van der Waals surface area contributed by atoms with Crippen LogP contribution in [0, 0.1) is 6.92 Å². The van der Waals surface area contributed by atoms with Gasteiger partial charge in [0.25, 0.3) is 0 Å². The molecule has 8 heteroatoms. The molecule has 0 unspecified atom stereocenters. The Hall–Kier alpha value is -1.94. The Morgan fingerprint density at radius 2 is 2.07 bits per heavy atom. The first kappa shape index (κ1) is 22.4. The van der Waals surface area contributed by atoms with Crippen LogP contribution in [-0.2, 0) is 19.5 Å². The summed E-state index contributed by atoms with van der Waals surface area (Å²) in [6.07, 6.45) is 4.74. The molecule has 0 atom stereocenters. The molecule has 1 aromatic carbocycles. The number of benzene rings is 1. The van der Waals surface area contributed by atoms with Crippen molar-refractivity contribution in [1.29, 1.82) is 0 Å². The molecule has 28 heavy (non-hydrogen) atoms. The highest BCUT2D eigenvalue weighted by atomic mass is 127. The minimum absolute atomic E-state index is 0. The maximum atomic E-state index is 4.52. The van der Waals surface area contributed by atoms with Crippen LogP contribution in [0.15, 0.2) is 53.1 Å². The van der Waals surface area contributed by atoms with Gasteiger partial charge in [0.15, 0.2) is 5.96 Å². The molecule has 2 aromatic heterocycles. The van der Waals surface area contributed by atoms with Crippen LogP contribution >= 0.6 is 35.3 Å². The lowest BCUT2D eigenvalue weighted by Gasteiger charge is -2.21. The van der Waals surface area contributed by atoms with Crippen LogP contribution in [-0.4, -0.2) is 46.0 Å². The molecular weight excluding hydrogens is 483 g/mol. The largest absolute Gasteiger partial charge is 0.356 e. The topological polar surface area (TPSA) is 58.3 Å². The maximum Gasteiger partial charge on any atom is 0.193 e. The first-order valence-electron chi connectivity index (χ1n) is 9.02. The van der Waals surface area contributed by atoms with Gasteiger partial charge in [0.1, 0.15) is 5.82 Å². The number of aromatic nitrogens is 3. The van der Waals surface area contributed by atoms with Crippen molar-refractivity contribution in [3.63, 3.8) is 0 Å². The lowest BCUT2D eigenvalue weighted by atomic mass is 10.2. The number of guanidine groups is 1. The Morgan fingerprint density at radius 3 is 2.75 bits per heavy atom. The quantitative estimate of drug-likeness (QED) is 0.300. The van der Waals surface area contributed by atoms with Crippen molar-refractivity contribution in [3.8, 4) is 0 Å². The standard InChI is InChI=1S/C20H26N6S.HI/c1-16-24-18(15-27-16)14-25(3)20(21-2)23-10-9-19-22-11-12-26(19)13-17-7-5-4-6-8-17;/h4-8,11-12,15H,9-10,13-14H2,1-3H3,(H,21,23);1H. The smallest absolute Gasteiger partial charge is 0.193 e. The molecular formula is C20H27IN6S. The number of imidazole rings is 1.